The molecule has 0 unspecified atom stereocenters. The fourth-order valence-corrected chi connectivity index (χ4v) is 5.15. The van der Waals surface area contributed by atoms with Gasteiger partial charge in [0.15, 0.2) is 0 Å². The van der Waals surface area contributed by atoms with Crippen molar-refractivity contribution < 1.29 is 13.5 Å². The minimum atomic E-state index is -3.58. The zero-order valence-corrected chi connectivity index (χ0v) is 14.8. The maximum absolute atomic E-state index is 12.8. The molecular formula is C15H21N3O3S2. The lowest BCUT2D eigenvalue weighted by Crippen LogP contribution is -2.29. The predicted molar refractivity (Wildman–Crippen MR) is 89.0 cm³/mol. The van der Waals surface area contributed by atoms with Gasteiger partial charge in [0, 0.05) is 43.8 Å². The number of thiophene rings is 1. The van der Waals surface area contributed by atoms with E-state index in [0.717, 1.165) is 5.56 Å². The SMILES string of the molecule is CC(C)n1cc(S(=O)(=O)N2C[C@H](CO)[C@H](c3ccsc3)C2)cn1. The summed E-state index contributed by atoms with van der Waals surface area (Å²) in [5.74, 6) is -0.0271. The molecule has 2 atom stereocenters. The van der Waals surface area contributed by atoms with Crippen LogP contribution >= 0.6 is 11.3 Å². The average molecular weight is 355 g/mol. The van der Waals surface area contributed by atoms with Gasteiger partial charge in [0.05, 0.1) is 6.20 Å². The van der Waals surface area contributed by atoms with E-state index in [-0.39, 0.29) is 29.4 Å². The molecule has 0 bridgehead atoms. The molecular weight excluding hydrogens is 334 g/mol. The maximum atomic E-state index is 12.8. The second kappa shape index (κ2) is 6.35. The van der Waals surface area contributed by atoms with Crippen molar-refractivity contribution in [1.82, 2.24) is 14.1 Å². The molecule has 2 aromatic heterocycles. The Balaban J connectivity index is 1.86. The fraction of sp³-hybridized carbons (Fsp3) is 0.533. The van der Waals surface area contributed by atoms with Gasteiger partial charge in [0.2, 0.25) is 10.0 Å². The van der Waals surface area contributed by atoms with Crippen molar-refractivity contribution in [3.63, 3.8) is 0 Å². The van der Waals surface area contributed by atoms with E-state index in [4.69, 9.17) is 0 Å². The Hall–Kier alpha value is -1.22. The smallest absolute Gasteiger partial charge is 0.246 e. The lowest BCUT2D eigenvalue weighted by molar-refractivity contribution is 0.223. The number of aliphatic hydroxyl groups excluding tert-OH is 1. The van der Waals surface area contributed by atoms with Gasteiger partial charge in [-0.2, -0.15) is 20.7 Å². The van der Waals surface area contributed by atoms with Crippen molar-refractivity contribution in [3.05, 3.63) is 34.8 Å². The molecule has 0 aliphatic carbocycles. The van der Waals surface area contributed by atoms with Crippen LogP contribution in [0, 0.1) is 5.92 Å². The van der Waals surface area contributed by atoms with Gasteiger partial charge in [0.25, 0.3) is 0 Å². The van der Waals surface area contributed by atoms with Crippen LogP contribution in [0.3, 0.4) is 0 Å². The van der Waals surface area contributed by atoms with E-state index in [1.54, 1.807) is 22.2 Å². The highest BCUT2D eigenvalue weighted by Crippen LogP contribution is 2.36. The number of rotatable bonds is 5. The van der Waals surface area contributed by atoms with Crippen LogP contribution in [-0.2, 0) is 10.0 Å². The van der Waals surface area contributed by atoms with Crippen LogP contribution in [0.2, 0.25) is 0 Å². The van der Waals surface area contributed by atoms with Crippen molar-refractivity contribution in [2.75, 3.05) is 19.7 Å². The first-order valence-corrected chi connectivity index (χ1v) is 9.99. The summed E-state index contributed by atoms with van der Waals surface area (Å²) in [6.45, 7) is 4.63. The molecule has 1 aliphatic heterocycles. The summed E-state index contributed by atoms with van der Waals surface area (Å²) < 4.78 is 28.8. The number of nitrogens with zero attached hydrogens (tertiary/aromatic N) is 3. The van der Waals surface area contributed by atoms with Crippen molar-refractivity contribution in [3.8, 4) is 0 Å². The predicted octanol–water partition coefficient (Wildman–Crippen LogP) is 1.92. The Bertz CT molecular complexity index is 753. The third kappa shape index (κ3) is 3.08. The molecule has 3 rings (SSSR count). The summed E-state index contributed by atoms with van der Waals surface area (Å²) in [5.41, 5.74) is 1.10. The Morgan fingerprint density at radius 3 is 2.78 bits per heavy atom. The van der Waals surface area contributed by atoms with E-state index in [9.17, 15) is 13.5 Å². The monoisotopic (exact) mass is 355 g/mol. The Kier molecular flexibility index (Phi) is 4.59. The van der Waals surface area contributed by atoms with Crippen LogP contribution in [0.15, 0.2) is 34.1 Å². The summed E-state index contributed by atoms with van der Waals surface area (Å²) in [4.78, 5) is 0.217. The van der Waals surface area contributed by atoms with Crippen LogP contribution < -0.4 is 0 Å². The number of hydrogen-bond acceptors (Lipinski definition) is 5. The molecule has 1 saturated heterocycles. The number of sulfonamides is 1. The number of aliphatic hydroxyl groups is 1. The topological polar surface area (TPSA) is 75.4 Å². The van der Waals surface area contributed by atoms with Crippen molar-refractivity contribution in [2.45, 2.75) is 30.7 Å². The third-order valence-electron chi connectivity index (χ3n) is 4.36. The molecule has 2 aromatic rings. The van der Waals surface area contributed by atoms with Crippen molar-refractivity contribution in [1.29, 1.82) is 0 Å². The summed E-state index contributed by atoms with van der Waals surface area (Å²) in [5, 5.41) is 17.8. The van der Waals surface area contributed by atoms with E-state index in [2.05, 4.69) is 5.10 Å². The van der Waals surface area contributed by atoms with E-state index >= 15 is 0 Å². The average Bonchev–Trinajstić information content (AvgIpc) is 3.25. The fourth-order valence-electron chi connectivity index (χ4n) is 2.96. The van der Waals surface area contributed by atoms with Crippen LogP contribution in [0.25, 0.3) is 0 Å². The normalized spacial score (nSPS) is 23.0. The van der Waals surface area contributed by atoms with E-state index in [0.29, 0.717) is 13.1 Å². The zero-order chi connectivity index (χ0) is 16.6. The van der Waals surface area contributed by atoms with Gasteiger partial charge in [0.1, 0.15) is 4.90 Å². The summed E-state index contributed by atoms with van der Waals surface area (Å²) in [6, 6.07) is 2.12. The summed E-state index contributed by atoms with van der Waals surface area (Å²) >= 11 is 1.59. The molecule has 8 heteroatoms. The number of hydrogen-bond donors (Lipinski definition) is 1. The Morgan fingerprint density at radius 1 is 1.43 bits per heavy atom. The van der Waals surface area contributed by atoms with Crippen LogP contribution in [0.5, 0.6) is 0 Å². The van der Waals surface area contributed by atoms with Crippen LogP contribution in [0.4, 0.5) is 0 Å². The van der Waals surface area contributed by atoms with Crippen molar-refractivity contribution in [2.24, 2.45) is 5.92 Å². The standard InChI is InChI=1S/C15H21N3O3S2/c1-11(2)18-7-14(5-16-18)23(20,21)17-6-13(9-19)15(8-17)12-3-4-22-10-12/h3-5,7,10-11,13,15,19H,6,8-9H2,1-2H3/t13-,15+/m1/s1. The quantitative estimate of drug-likeness (QED) is 0.889. The first-order valence-electron chi connectivity index (χ1n) is 7.60. The molecule has 1 fully saturated rings. The number of aromatic nitrogens is 2. The molecule has 6 nitrogen and oxygen atoms in total. The molecule has 1 N–H and O–H groups in total. The maximum Gasteiger partial charge on any atom is 0.246 e. The Morgan fingerprint density at radius 2 is 2.22 bits per heavy atom. The minimum absolute atomic E-state index is 0.0161. The molecule has 23 heavy (non-hydrogen) atoms. The molecule has 0 saturated carbocycles. The van der Waals surface area contributed by atoms with Gasteiger partial charge in [-0.3, -0.25) is 4.68 Å². The van der Waals surface area contributed by atoms with Gasteiger partial charge < -0.3 is 5.11 Å². The largest absolute Gasteiger partial charge is 0.396 e. The minimum Gasteiger partial charge on any atom is -0.396 e. The highest BCUT2D eigenvalue weighted by atomic mass is 32.2. The lowest BCUT2D eigenvalue weighted by Gasteiger charge is -2.15. The van der Waals surface area contributed by atoms with E-state index in [1.165, 1.54) is 10.5 Å². The van der Waals surface area contributed by atoms with Crippen LogP contribution in [0.1, 0.15) is 31.4 Å². The second-order valence-electron chi connectivity index (χ2n) is 6.18. The van der Waals surface area contributed by atoms with Gasteiger partial charge in [-0.25, -0.2) is 8.42 Å². The molecule has 0 aromatic carbocycles. The molecule has 0 radical (unpaired) electrons. The van der Waals surface area contributed by atoms with E-state index < -0.39 is 10.0 Å². The third-order valence-corrected chi connectivity index (χ3v) is 6.84. The Labute approximate surface area is 140 Å². The molecule has 126 valence electrons. The van der Waals surface area contributed by atoms with Gasteiger partial charge in [-0.05, 0) is 36.2 Å². The highest BCUT2D eigenvalue weighted by molar-refractivity contribution is 7.89. The van der Waals surface area contributed by atoms with Gasteiger partial charge in [-0.15, -0.1) is 0 Å². The highest BCUT2D eigenvalue weighted by Gasteiger charge is 2.40. The van der Waals surface area contributed by atoms with E-state index in [1.807, 2.05) is 30.7 Å². The van der Waals surface area contributed by atoms with Gasteiger partial charge >= 0.3 is 0 Å². The molecule has 1 aliphatic rings. The second-order valence-corrected chi connectivity index (χ2v) is 8.90. The first-order chi connectivity index (χ1) is 10.9. The van der Waals surface area contributed by atoms with Crippen LogP contribution in [-0.4, -0.2) is 47.3 Å². The summed E-state index contributed by atoms with van der Waals surface area (Å²) in [6.07, 6.45) is 2.98. The zero-order valence-electron chi connectivity index (χ0n) is 13.2. The molecule has 3 heterocycles. The lowest BCUT2D eigenvalue weighted by atomic mass is 9.92. The molecule has 0 amide bonds. The van der Waals surface area contributed by atoms with Crippen molar-refractivity contribution >= 4 is 21.4 Å². The molecule has 0 spiro atoms. The first kappa shape index (κ1) is 16.6. The summed E-state index contributed by atoms with van der Waals surface area (Å²) in [7, 11) is -3.58. The van der Waals surface area contributed by atoms with Gasteiger partial charge in [-0.1, -0.05) is 0 Å².